The second-order valence-corrected chi connectivity index (χ2v) is 0.500. The van der Waals surface area contributed by atoms with E-state index in [0.29, 0.717) is 0 Å². The molecule has 2 N–H and O–H groups in total. The Kier molecular flexibility index (Phi) is 9.31. The van der Waals surface area contributed by atoms with Crippen molar-refractivity contribution in [3.8, 4) is 0 Å². The Morgan fingerprint density at radius 2 is 1.80 bits per heavy atom. The number of ether oxygens (including phenoxy) is 1. The van der Waals surface area contributed by atoms with Crippen LogP contribution in [0.2, 0.25) is 0 Å². The van der Waals surface area contributed by atoms with Crippen LogP contribution in [-0.2, 0) is 4.74 Å². The maximum absolute atomic E-state index is 4.38. The summed E-state index contributed by atoms with van der Waals surface area (Å²) in [6, 6.07) is 0. The number of hydrogen-bond donors (Lipinski definition) is 0. The van der Waals surface area contributed by atoms with Gasteiger partial charge in [-0.2, -0.15) is 6.61 Å². The maximum atomic E-state index is 4.38. The standard InChI is InChI=1S/C2H3O.H2O.U/c1-2-3-1;;/h1H,2H2;1H2;/q-1;;. The van der Waals surface area contributed by atoms with Gasteiger partial charge in [-0.05, 0) is 0 Å². The van der Waals surface area contributed by atoms with Crippen molar-refractivity contribution in [2.24, 2.45) is 0 Å². The van der Waals surface area contributed by atoms with E-state index in [1.165, 1.54) is 0 Å². The van der Waals surface area contributed by atoms with Crippen LogP contribution in [-0.4, -0.2) is 12.1 Å². The molecule has 1 fully saturated rings. The summed E-state index contributed by atoms with van der Waals surface area (Å²) in [6.07, 6.45) is 0. The summed E-state index contributed by atoms with van der Waals surface area (Å²) in [4.78, 5) is 0. The predicted octanol–water partition coefficient (Wildman–Crippen LogP) is -0.646. The van der Waals surface area contributed by atoms with E-state index in [0.717, 1.165) is 6.61 Å². The topological polar surface area (TPSA) is 44.0 Å². The molecule has 0 amide bonds. The minimum absolute atomic E-state index is 0. The summed E-state index contributed by atoms with van der Waals surface area (Å²) in [5.74, 6) is 0. The fraction of sp³-hybridized carbons (Fsp3) is 0.500. The Morgan fingerprint density at radius 3 is 1.80 bits per heavy atom. The van der Waals surface area contributed by atoms with Gasteiger partial charge in [0.15, 0.2) is 0 Å². The van der Waals surface area contributed by atoms with Gasteiger partial charge in [0.2, 0.25) is 0 Å². The van der Waals surface area contributed by atoms with Crippen molar-refractivity contribution in [1.82, 2.24) is 0 Å². The average Bonchev–Trinajstić information content (AvgIpc) is 1.46. The van der Waals surface area contributed by atoms with E-state index in [9.17, 15) is 0 Å². The summed E-state index contributed by atoms with van der Waals surface area (Å²) in [5.41, 5.74) is 0. The van der Waals surface area contributed by atoms with Crippen molar-refractivity contribution in [3.63, 3.8) is 0 Å². The minimum atomic E-state index is 0. The van der Waals surface area contributed by atoms with Gasteiger partial charge in [0, 0.05) is 31.1 Å². The van der Waals surface area contributed by atoms with Crippen molar-refractivity contribution >= 4 is 0 Å². The summed E-state index contributed by atoms with van der Waals surface area (Å²) in [7, 11) is 0. The smallest absolute Gasteiger partial charge is 0 e. The summed E-state index contributed by atoms with van der Waals surface area (Å²) >= 11 is 0. The van der Waals surface area contributed by atoms with Gasteiger partial charge in [-0.15, -0.1) is 0 Å². The van der Waals surface area contributed by atoms with Crippen LogP contribution in [0.1, 0.15) is 0 Å². The van der Waals surface area contributed by atoms with Gasteiger partial charge in [0.05, 0.1) is 0 Å². The summed E-state index contributed by atoms with van der Waals surface area (Å²) in [5, 5.41) is 0. The molecule has 0 atom stereocenters. The molecular formula is C2H5O2U-. The zero-order chi connectivity index (χ0) is 2.12. The fourth-order valence-electron chi connectivity index (χ4n) is 0. The number of hydrogen-bond acceptors (Lipinski definition) is 1. The molecule has 1 saturated heterocycles. The van der Waals surface area contributed by atoms with Crippen LogP contribution in [0.4, 0.5) is 0 Å². The first-order valence-corrected chi connectivity index (χ1v) is 0.933. The van der Waals surface area contributed by atoms with Gasteiger partial charge in [-0.1, -0.05) is 6.61 Å². The molecule has 0 unspecified atom stereocenters. The van der Waals surface area contributed by atoms with E-state index in [1.54, 1.807) is 6.61 Å². The van der Waals surface area contributed by atoms with E-state index in [-0.39, 0.29) is 36.6 Å². The molecule has 0 aromatic heterocycles. The van der Waals surface area contributed by atoms with Crippen LogP contribution in [0.25, 0.3) is 0 Å². The van der Waals surface area contributed by atoms with Crippen molar-refractivity contribution < 1.29 is 41.3 Å². The third-order valence-corrected chi connectivity index (χ3v) is 0.167. The largest absolute Gasteiger partial charge is 0.574 e. The monoisotopic (exact) mass is 299 g/mol. The van der Waals surface area contributed by atoms with E-state index in [2.05, 4.69) is 4.74 Å². The molecule has 3 heteroatoms. The predicted molar refractivity (Wildman–Crippen MR) is 13.9 cm³/mol. The molecule has 0 aromatic rings. The van der Waals surface area contributed by atoms with E-state index < -0.39 is 0 Å². The quantitative estimate of drug-likeness (QED) is 0.433. The van der Waals surface area contributed by atoms with Crippen LogP contribution in [0.5, 0.6) is 0 Å². The van der Waals surface area contributed by atoms with Crippen molar-refractivity contribution in [2.75, 3.05) is 6.61 Å². The first-order chi connectivity index (χ1) is 1.50. The molecular weight excluding hydrogens is 294 g/mol. The molecule has 0 bridgehead atoms. The van der Waals surface area contributed by atoms with Gasteiger partial charge in [0.1, 0.15) is 0 Å². The minimum Gasteiger partial charge on any atom is -0.574 e. The van der Waals surface area contributed by atoms with Gasteiger partial charge in [-0.3, -0.25) is 0 Å². The molecule has 1 heterocycles. The second-order valence-electron chi connectivity index (χ2n) is 0.500. The Morgan fingerprint density at radius 1 is 1.60 bits per heavy atom. The van der Waals surface area contributed by atoms with E-state index >= 15 is 0 Å². The molecule has 30 valence electrons. The molecule has 0 spiro atoms. The molecule has 2 nitrogen and oxygen atoms in total. The molecule has 1 aliphatic rings. The first kappa shape index (κ1) is 9.36. The fourth-order valence-corrected chi connectivity index (χ4v) is 0. The van der Waals surface area contributed by atoms with Gasteiger partial charge in [0.25, 0.3) is 0 Å². The molecule has 0 saturated carbocycles. The molecule has 0 aliphatic carbocycles. The van der Waals surface area contributed by atoms with Gasteiger partial charge >= 0.3 is 0 Å². The molecule has 1 aliphatic heterocycles. The van der Waals surface area contributed by atoms with Crippen molar-refractivity contribution in [2.45, 2.75) is 0 Å². The maximum Gasteiger partial charge on any atom is 0 e. The summed E-state index contributed by atoms with van der Waals surface area (Å²) in [6.45, 7) is 2.62. The van der Waals surface area contributed by atoms with Crippen LogP contribution in [0, 0.1) is 37.7 Å². The average molecular weight is 299 g/mol. The van der Waals surface area contributed by atoms with E-state index in [4.69, 9.17) is 0 Å². The zero-order valence-electron chi connectivity index (χ0n) is 2.69. The molecule has 0 aromatic carbocycles. The summed E-state index contributed by atoms with van der Waals surface area (Å²) < 4.78 is 4.38. The molecule has 5 heavy (non-hydrogen) atoms. The Bertz CT molecular complexity index is 12.4. The molecule has 0 radical (unpaired) electrons. The van der Waals surface area contributed by atoms with Crippen LogP contribution >= 0.6 is 0 Å². The Balaban J connectivity index is 0. The normalized spacial score (nSPS) is 14.4. The van der Waals surface area contributed by atoms with Crippen molar-refractivity contribution in [1.29, 1.82) is 0 Å². The van der Waals surface area contributed by atoms with Gasteiger partial charge in [-0.25, -0.2) is 0 Å². The second kappa shape index (κ2) is 4.97. The zero-order valence-corrected chi connectivity index (χ0v) is 6.86. The molecule has 1 rings (SSSR count). The number of rotatable bonds is 0. The first-order valence-electron chi connectivity index (χ1n) is 0.933. The Hall–Kier alpha value is 0.972. The van der Waals surface area contributed by atoms with Crippen LogP contribution in [0.15, 0.2) is 0 Å². The third kappa shape index (κ3) is 11.3. The Labute approximate surface area is 54.6 Å². The number of epoxide rings is 1. The van der Waals surface area contributed by atoms with Crippen LogP contribution < -0.4 is 0 Å². The van der Waals surface area contributed by atoms with Crippen LogP contribution in [0.3, 0.4) is 0 Å². The van der Waals surface area contributed by atoms with Crippen molar-refractivity contribution in [3.05, 3.63) is 6.61 Å². The third-order valence-electron chi connectivity index (χ3n) is 0.167. The van der Waals surface area contributed by atoms with Gasteiger partial charge < -0.3 is 10.2 Å². The van der Waals surface area contributed by atoms with E-state index in [1.807, 2.05) is 0 Å². The SMILES string of the molecule is O.[CH-]1CO1.[U].